The second kappa shape index (κ2) is 6.06. The fraction of sp³-hybridized carbons (Fsp3) is 0.462. The Bertz CT molecular complexity index is 426. The third-order valence-corrected chi connectivity index (χ3v) is 2.83. The molecule has 0 saturated carbocycles. The van der Waals surface area contributed by atoms with E-state index in [1.165, 1.54) is 19.2 Å². The smallest absolute Gasteiger partial charge is 0.416 e. The molecule has 6 heteroatoms. The second-order valence-corrected chi connectivity index (χ2v) is 4.32. The van der Waals surface area contributed by atoms with Gasteiger partial charge in [-0.1, -0.05) is 19.1 Å². The zero-order chi connectivity index (χ0) is 14.6. The highest BCUT2D eigenvalue weighted by Crippen LogP contribution is 2.31. The molecule has 0 aliphatic rings. The highest BCUT2D eigenvalue weighted by molar-refractivity contribution is 5.69. The molecule has 1 aromatic carbocycles. The molecular formula is C13H15F3O3. The van der Waals surface area contributed by atoms with Crippen molar-refractivity contribution in [1.82, 2.24) is 0 Å². The molecule has 1 N–H and O–H groups in total. The molecular weight excluding hydrogens is 261 g/mol. The van der Waals surface area contributed by atoms with Gasteiger partial charge in [-0.2, -0.15) is 13.2 Å². The van der Waals surface area contributed by atoms with Crippen LogP contribution >= 0.6 is 0 Å². The highest BCUT2D eigenvalue weighted by Gasteiger charge is 2.30. The summed E-state index contributed by atoms with van der Waals surface area (Å²) in [6, 6.07) is 4.23. The summed E-state index contributed by atoms with van der Waals surface area (Å²) in [5.41, 5.74) is -0.437. The zero-order valence-electron chi connectivity index (χ0n) is 10.6. The molecule has 1 aromatic rings. The number of halogens is 3. The summed E-state index contributed by atoms with van der Waals surface area (Å²) in [6.45, 7) is 1.62. The lowest BCUT2D eigenvalue weighted by molar-refractivity contribution is -0.142. The molecule has 0 aromatic heterocycles. The first kappa shape index (κ1) is 15.5. The van der Waals surface area contributed by atoms with Gasteiger partial charge >= 0.3 is 12.1 Å². The topological polar surface area (TPSA) is 46.5 Å². The molecule has 0 aliphatic carbocycles. The van der Waals surface area contributed by atoms with Gasteiger partial charge in [-0.05, 0) is 23.6 Å². The quantitative estimate of drug-likeness (QED) is 0.860. The Balaban J connectivity index is 2.77. The maximum absolute atomic E-state index is 12.4. The van der Waals surface area contributed by atoms with E-state index in [9.17, 15) is 23.1 Å². The Labute approximate surface area is 109 Å². The number of methoxy groups -OCH3 is 1. The summed E-state index contributed by atoms with van der Waals surface area (Å²) in [6.07, 6.45) is -5.42. The van der Waals surface area contributed by atoms with Gasteiger partial charge in [0.1, 0.15) is 0 Å². The molecule has 19 heavy (non-hydrogen) atoms. The summed E-state index contributed by atoms with van der Waals surface area (Å²) in [5, 5.41) is 9.94. The summed E-state index contributed by atoms with van der Waals surface area (Å²) in [4.78, 5) is 11.1. The standard InChI is InChI=1S/C13H15F3O3/c1-8(7-11(17)19-2)12(18)9-3-5-10(6-4-9)13(14,15)16/h3-6,8,12,18H,7H2,1-2H3. The molecule has 0 bridgehead atoms. The van der Waals surface area contributed by atoms with E-state index in [0.717, 1.165) is 12.1 Å². The fourth-order valence-corrected chi connectivity index (χ4v) is 1.66. The largest absolute Gasteiger partial charge is 0.469 e. The molecule has 0 spiro atoms. The van der Waals surface area contributed by atoms with Gasteiger partial charge in [-0.15, -0.1) is 0 Å². The highest BCUT2D eigenvalue weighted by atomic mass is 19.4. The Morgan fingerprint density at radius 2 is 1.84 bits per heavy atom. The molecule has 3 nitrogen and oxygen atoms in total. The third-order valence-electron chi connectivity index (χ3n) is 2.83. The Hall–Kier alpha value is -1.56. The number of rotatable bonds is 4. The summed E-state index contributed by atoms with van der Waals surface area (Å²) < 4.78 is 41.6. The number of hydrogen-bond donors (Lipinski definition) is 1. The van der Waals surface area contributed by atoms with Crippen LogP contribution in [0.5, 0.6) is 0 Å². The van der Waals surface area contributed by atoms with Crippen molar-refractivity contribution in [2.24, 2.45) is 5.92 Å². The Kier molecular flexibility index (Phi) is 4.94. The first-order valence-corrected chi connectivity index (χ1v) is 5.67. The number of aliphatic hydroxyl groups is 1. The van der Waals surface area contributed by atoms with Crippen molar-refractivity contribution >= 4 is 5.97 Å². The van der Waals surface area contributed by atoms with Crippen molar-refractivity contribution < 1.29 is 27.8 Å². The van der Waals surface area contributed by atoms with Gasteiger partial charge < -0.3 is 9.84 Å². The number of alkyl halides is 3. The lowest BCUT2D eigenvalue weighted by atomic mass is 9.94. The van der Waals surface area contributed by atoms with Crippen LogP contribution in [0.2, 0.25) is 0 Å². The molecule has 2 unspecified atom stereocenters. The number of benzene rings is 1. The lowest BCUT2D eigenvalue weighted by Crippen LogP contribution is -2.15. The lowest BCUT2D eigenvalue weighted by Gasteiger charge is -2.18. The predicted octanol–water partition coefficient (Wildman–Crippen LogP) is 2.94. The van der Waals surface area contributed by atoms with Gasteiger partial charge in [0, 0.05) is 0 Å². The van der Waals surface area contributed by atoms with E-state index in [4.69, 9.17) is 0 Å². The summed E-state index contributed by atoms with van der Waals surface area (Å²) >= 11 is 0. The van der Waals surface area contributed by atoms with E-state index in [1.807, 2.05) is 0 Å². The number of carbonyl (C=O) groups is 1. The average molecular weight is 276 g/mol. The van der Waals surface area contributed by atoms with Gasteiger partial charge in [0.25, 0.3) is 0 Å². The minimum absolute atomic E-state index is 0.00130. The average Bonchev–Trinajstić information content (AvgIpc) is 2.36. The van der Waals surface area contributed by atoms with E-state index >= 15 is 0 Å². The van der Waals surface area contributed by atoms with Crippen molar-refractivity contribution in [3.63, 3.8) is 0 Å². The maximum atomic E-state index is 12.4. The van der Waals surface area contributed by atoms with E-state index < -0.39 is 29.7 Å². The summed E-state index contributed by atoms with van der Waals surface area (Å²) in [5.74, 6) is -0.914. The molecule has 1 rings (SSSR count). The first-order chi connectivity index (χ1) is 8.75. The number of aliphatic hydroxyl groups excluding tert-OH is 1. The van der Waals surface area contributed by atoms with Crippen LogP contribution in [0.3, 0.4) is 0 Å². The maximum Gasteiger partial charge on any atom is 0.416 e. The van der Waals surface area contributed by atoms with Crippen molar-refractivity contribution in [2.45, 2.75) is 25.6 Å². The number of ether oxygens (including phenoxy) is 1. The minimum atomic E-state index is -4.40. The van der Waals surface area contributed by atoms with Crippen LogP contribution in [-0.2, 0) is 15.7 Å². The normalized spacial score (nSPS) is 14.8. The van der Waals surface area contributed by atoms with Crippen LogP contribution in [-0.4, -0.2) is 18.2 Å². The fourth-order valence-electron chi connectivity index (χ4n) is 1.66. The van der Waals surface area contributed by atoms with Crippen LogP contribution in [0.1, 0.15) is 30.6 Å². The number of hydrogen-bond acceptors (Lipinski definition) is 3. The van der Waals surface area contributed by atoms with Gasteiger partial charge in [0.15, 0.2) is 0 Å². The van der Waals surface area contributed by atoms with Crippen LogP contribution in [0.4, 0.5) is 13.2 Å². The van der Waals surface area contributed by atoms with Gasteiger partial charge in [0.2, 0.25) is 0 Å². The summed E-state index contributed by atoms with van der Waals surface area (Å²) in [7, 11) is 1.24. The molecule has 0 amide bonds. The Morgan fingerprint density at radius 1 is 1.32 bits per heavy atom. The molecule has 2 atom stereocenters. The molecule has 106 valence electrons. The number of esters is 1. The minimum Gasteiger partial charge on any atom is -0.469 e. The molecule has 0 heterocycles. The van der Waals surface area contributed by atoms with E-state index in [1.54, 1.807) is 6.92 Å². The molecule has 0 radical (unpaired) electrons. The van der Waals surface area contributed by atoms with Crippen molar-refractivity contribution in [1.29, 1.82) is 0 Å². The Morgan fingerprint density at radius 3 is 2.26 bits per heavy atom. The van der Waals surface area contributed by atoms with E-state index in [2.05, 4.69) is 4.74 Å². The van der Waals surface area contributed by atoms with Crippen LogP contribution in [0, 0.1) is 5.92 Å². The SMILES string of the molecule is COC(=O)CC(C)C(O)c1ccc(C(F)(F)F)cc1. The van der Waals surface area contributed by atoms with Crippen molar-refractivity contribution in [3.05, 3.63) is 35.4 Å². The molecule has 0 saturated heterocycles. The van der Waals surface area contributed by atoms with E-state index in [0.29, 0.717) is 5.56 Å². The number of carbonyl (C=O) groups excluding carboxylic acids is 1. The van der Waals surface area contributed by atoms with Gasteiger partial charge in [-0.25, -0.2) is 0 Å². The second-order valence-electron chi connectivity index (χ2n) is 4.32. The van der Waals surface area contributed by atoms with Crippen molar-refractivity contribution in [2.75, 3.05) is 7.11 Å². The zero-order valence-corrected chi connectivity index (χ0v) is 10.6. The van der Waals surface area contributed by atoms with Gasteiger partial charge in [-0.3, -0.25) is 4.79 Å². The van der Waals surface area contributed by atoms with E-state index in [-0.39, 0.29) is 6.42 Å². The van der Waals surface area contributed by atoms with Crippen LogP contribution in [0.15, 0.2) is 24.3 Å². The first-order valence-electron chi connectivity index (χ1n) is 5.67. The van der Waals surface area contributed by atoms with Crippen LogP contribution in [0.25, 0.3) is 0 Å². The van der Waals surface area contributed by atoms with Crippen molar-refractivity contribution in [3.8, 4) is 0 Å². The molecule has 0 fully saturated rings. The monoisotopic (exact) mass is 276 g/mol. The predicted molar refractivity (Wildman–Crippen MR) is 62.2 cm³/mol. The molecule has 0 aliphatic heterocycles. The third kappa shape index (κ3) is 4.24. The van der Waals surface area contributed by atoms with Crippen LogP contribution < -0.4 is 0 Å². The van der Waals surface area contributed by atoms with Gasteiger partial charge in [0.05, 0.1) is 25.2 Å².